The highest BCUT2D eigenvalue weighted by molar-refractivity contribution is 7.99. The van der Waals surface area contributed by atoms with Crippen LogP contribution in [0.3, 0.4) is 0 Å². The number of anilines is 3. The first-order chi connectivity index (χ1) is 24.3. The third-order valence-electron chi connectivity index (χ3n) is 8.28. The third-order valence-corrected chi connectivity index (χ3v) is 11.6. The number of rotatable bonds is 11. The Balaban J connectivity index is 1.46. The van der Waals surface area contributed by atoms with Gasteiger partial charge < -0.3 is 20.3 Å². The van der Waals surface area contributed by atoms with Gasteiger partial charge in [-0.3, -0.25) is 20.0 Å². The second-order valence-corrected chi connectivity index (χ2v) is 15.6. The van der Waals surface area contributed by atoms with E-state index in [1.807, 2.05) is 5.32 Å². The minimum Gasteiger partial charge on any atom is -0.490 e. The maximum absolute atomic E-state index is 15.7. The molecule has 0 radical (unpaired) electrons. The molecule has 52 heavy (non-hydrogen) atoms. The minimum atomic E-state index is -5.03. The van der Waals surface area contributed by atoms with Gasteiger partial charge in [-0.2, -0.15) is 22.7 Å². The molecule has 278 valence electrons. The van der Waals surface area contributed by atoms with Gasteiger partial charge in [-0.05, 0) is 63.6 Å². The van der Waals surface area contributed by atoms with Crippen LogP contribution in [-0.2, 0) is 19.4 Å². The number of carbonyl (C=O) groups excluding carboxylic acids is 1. The molecule has 1 fully saturated rings. The Bertz CT molecular complexity index is 2120. The molecular formula is C31H31F5N8O6S2. The van der Waals surface area contributed by atoms with Crippen LogP contribution < -0.4 is 20.3 Å². The van der Waals surface area contributed by atoms with Crippen molar-refractivity contribution >= 4 is 50.6 Å². The van der Waals surface area contributed by atoms with Crippen molar-refractivity contribution in [3.05, 3.63) is 75.5 Å². The van der Waals surface area contributed by atoms with E-state index in [1.165, 1.54) is 13.2 Å². The molecule has 0 spiro atoms. The fourth-order valence-corrected chi connectivity index (χ4v) is 7.75. The molecule has 2 aromatic carbocycles. The Morgan fingerprint density at radius 1 is 1.12 bits per heavy atom. The quantitative estimate of drug-likeness (QED) is 0.0706. The van der Waals surface area contributed by atoms with Crippen molar-refractivity contribution in [1.82, 2.24) is 25.5 Å². The van der Waals surface area contributed by atoms with E-state index in [2.05, 4.69) is 25.5 Å². The molecule has 4 aromatic rings. The van der Waals surface area contributed by atoms with Crippen LogP contribution in [0.4, 0.5) is 45.1 Å². The number of aromatic nitrogens is 4. The second-order valence-electron chi connectivity index (χ2n) is 12.1. The van der Waals surface area contributed by atoms with Crippen LogP contribution in [-0.4, -0.2) is 71.8 Å². The van der Waals surface area contributed by atoms with Crippen molar-refractivity contribution in [2.45, 2.75) is 65.5 Å². The van der Waals surface area contributed by atoms with E-state index in [-0.39, 0.29) is 53.4 Å². The number of nitrogens with zero attached hydrogens (tertiary/aromatic N) is 5. The number of halogens is 5. The summed E-state index contributed by atoms with van der Waals surface area (Å²) in [6.07, 6.45) is -4.75. The van der Waals surface area contributed by atoms with Gasteiger partial charge in [0.25, 0.3) is 0 Å². The third kappa shape index (κ3) is 7.73. The van der Waals surface area contributed by atoms with E-state index in [4.69, 9.17) is 4.74 Å². The molecular weight excluding hydrogens is 740 g/mol. The van der Waals surface area contributed by atoms with Crippen LogP contribution in [0.5, 0.6) is 5.75 Å². The predicted molar refractivity (Wildman–Crippen MR) is 178 cm³/mol. The first-order valence-electron chi connectivity index (χ1n) is 15.4. The Morgan fingerprint density at radius 3 is 2.38 bits per heavy atom. The molecule has 0 saturated carbocycles. The van der Waals surface area contributed by atoms with Gasteiger partial charge in [-0.15, -0.1) is 0 Å². The van der Waals surface area contributed by atoms with E-state index in [9.17, 15) is 36.5 Å². The molecule has 1 amide bonds. The number of hydrogen-bond acceptors (Lipinski definition) is 12. The number of benzene rings is 2. The van der Waals surface area contributed by atoms with Gasteiger partial charge in [0.15, 0.2) is 32.4 Å². The van der Waals surface area contributed by atoms with Gasteiger partial charge in [0, 0.05) is 42.5 Å². The zero-order valence-corrected chi connectivity index (χ0v) is 29.5. The minimum absolute atomic E-state index is 0.0356. The summed E-state index contributed by atoms with van der Waals surface area (Å²) in [5.74, 6) is -3.57. The lowest BCUT2D eigenvalue weighted by molar-refractivity contribution is -0.387. The number of methoxy groups -OCH3 is 1. The summed E-state index contributed by atoms with van der Waals surface area (Å²) in [4.78, 5) is 31.9. The lowest BCUT2D eigenvalue weighted by Crippen LogP contribution is -2.48. The Hall–Kier alpha value is -5.05. The summed E-state index contributed by atoms with van der Waals surface area (Å²) >= 11 is 0.725. The standard InChI is InChI=1S/C31H31F5N8O6S2/c1-16-14-23(42-41-16)38-26-25(50-4)27(43-12-10-17(11-13-43)37-28(45)31(34,35)36)40-29(39-26)51-22-9-8-18(15-20(22)32)52(48,49)30(2,3)19-6-5-7-21(24(19)33)44(46)47/h5-9,14-15,17H,10-13H2,1-4H3,(H,37,45)(H2,38,39,40,41,42). The van der Waals surface area contributed by atoms with Crippen molar-refractivity contribution in [2.24, 2.45) is 0 Å². The molecule has 5 rings (SSSR count). The van der Waals surface area contributed by atoms with E-state index in [0.717, 1.165) is 55.9 Å². The number of hydrogen-bond donors (Lipinski definition) is 3. The molecule has 3 N–H and O–H groups in total. The largest absolute Gasteiger partial charge is 0.490 e. The molecule has 0 aliphatic carbocycles. The molecule has 0 atom stereocenters. The van der Waals surface area contributed by atoms with Crippen LogP contribution in [0.2, 0.25) is 0 Å². The molecule has 2 aromatic heterocycles. The number of nitrogens with one attached hydrogen (secondary N) is 3. The van der Waals surface area contributed by atoms with Gasteiger partial charge in [-0.25, -0.2) is 22.8 Å². The van der Waals surface area contributed by atoms with Crippen molar-refractivity contribution < 1.29 is 44.8 Å². The number of aryl methyl sites for hydroxylation is 1. The maximum Gasteiger partial charge on any atom is 0.471 e. The first kappa shape index (κ1) is 38.2. The Kier molecular flexibility index (Phi) is 10.7. The number of amides is 1. The predicted octanol–water partition coefficient (Wildman–Crippen LogP) is 5.95. The van der Waals surface area contributed by atoms with E-state index < -0.39 is 65.4 Å². The number of carbonyl (C=O) groups is 1. The summed E-state index contributed by atoms with van der Waals surface area (Å²) in [5, 5.41) is 23.1. The smallest absolute Gasteiger partial charge is 0.471 e. The highest BCUT2D eigenvalue weighted by atomic mass is 32.2. The lowest BCUT2D eigenvalue weighted by atomic mass is 10.0. The van der Waals surface area contributed by atoms with Gasteiger partial charge >= 0.3 is 17.8 Å². The van der Waals surface area contributed by atoms with Crippen molar-refractivity contribution in [3.63, 3.8) is 0 Å². The number of alkyl halides is 3. The van der Waals surface area contributed by atoms with Gasteiger partial charge in [-0.1, -0.05) is 12.1 Å². The number of nitro groups is 1. The zero-order valence-electron chi connectivity index (χ0n) is 27.8. The normalized spacial score (nSPS) is 14.3. The van der Waals surface area contributed by atoms with Gasteiger partial charge in [0.2, 0.25) is 11.6 Å². The monoisotopic (exact) mass is 770 g/mol. The number of aromatic amines is 1. The topological polar surface area (TPSA) is 185 Å². The summed E-state index contributed by atoms with van der Waals surface area (Å²) in [6, 6.07) is 7.09. The molecule has 3 heterocycles. The van der Waals surface area contributed by atoms with Crippen LogP contribution in [0.25, 0.3) is 0 Å². The van der Waals surface area contributed by atoms with Gasteiger partial charge in [0.1, 0.15) is 5.82 Å². The summed E-state index contributed by atoms with van der Waals surface area (Å²) in [6.45, 7) is 4.38. The molecule has 1 saturated heterocycles. The summed E-state index contributed by atoms with van der Waals surface area (Å²) in [7, 11) is -3.18. The number of sulfone groups is 1. The second kappa shape index (κ2) is 14.5. The molecule has 0 unspecified atom stereocenters. The fraction of sp³-hybridized carbons (Fsp3) is 0.355. The van der Waals surface area contributed by atoms with E-state index in [0.29, 0.717) is 11.5 Å². The van der Waals surface area contributed by atoms with Crippen LogP contribution in [0.15, 0.2) is 57.4 Å². The summed E-state index contributed by atoms with van der Waals surface area (Å²) < 4.78 is 100. The van der Waals surface area contributed by atoms with Crippen LogP contribution >= 0.6 is 11.8 Å². The molecule has 14 nitrogen and oxygen atoms in total. The maximum atomic E-state index is 15.7. The lowest BCUT2D eigenvalue weighted by Gasteiger charge is -2.34. The average Bonchev–Trinajstić information content (AvgIpc) is 3.49. The number of piperidine rings is 1. The number of nitro benzene ring substituents is 1. The SMILES string of the molecule is COc1c(Nc2cc(C)[nH]n2)nc(Sc2ccc(S(=O)(=O)C(C)(C)c3cccc([N+](=O)[O-])c3F)cc2F)nc1N1CCC(NC(=O)C(F)(F)F)CC1. The number of ether oxygens (including phenoxy) is 1. The van der Waals surface area contributed by atoms with E-state index >= 15 is 8.78 Å². The average molecular weight is 771 g/mol. The Morgan fingerprint density at radius 2 is 1.81 bits per heavy atom. The fourth-order valence-electron chi connectivity index (χ4n) is 5.45. The van der Waals surface area contributed by atoms with Crippen molar-refractivity contribution in [3.8, 4) is 5.75 Å². The van der Waals surface area contributed by atoms with E-state index in [1.54, 1.807) is 17.9 Å². The van der Waals surface area contributed by atoms with Crippen molar-refractivity contribution in [1.29, 1.82) is 0 Å². The highest BCUT2D eigenvalue weighted by Gasteiger charge is 2.42. The molecule has 21 heteroatoms. The number of H-pyrrole nitrogens is 1. The highest BCUT2D eigenvalue weighted by Crippen LogP contribution is 2.42. The zero-order chi connectivity index (χ0) is 38.2. The molecule has 1 aliphatic rings. The van der Waals surface area contributed by atoms with Crippen LogP contribution in [0.1, 0.15) is 37.9 Å². The first-order valence-corrected chi connectivity index (χ1v) is 17.7. The Labute approximate surface area is 297 Å². The van der Waals surface area contributed by atoms with Crippen LogP contribution in [0, 0.1) is 28.7 Å². The van der Waals surface area contributed by atoms with Crippen molar-refractivity contribution in [2.75, 3.05) is 30.4 Å². The summed E-state index contributed by atoms with van der Waals surface area (Å²) in [5.41, 5.74) is -0.674. The molecule has 0 bridgehead atoms. The molecule has 1 aliphatic heterocycles. The van der Waals surface area contributed by atoms with Gasteiger partial charge in [0.05, 0.1) is 26.6 Å².